The van der Waals surface area contributed by atoms with Crippen LogP contribution >= 0.6 is 27.7 Å². The van der Waals surface area contributed by atoms with Crippen molar-refractivity contribution >= 4 is 33.7 Å². The Morgan fingerprint density at radius 3 is 2.75 bits per heavy atom. The SMILES string of the molecule is CC(C)N1C(C(=O)O)=CSC1Br. The van der Waals surface area contributed by atoms with Crippen LogP contribution in [0.3, 0.4) is 0 Å². The molecule has 1 atom stereocenters. The van der Waals surface area contributed by atoms with Gasteiger partial charge in [0.15, 0.2) is 0 Å². The van der Waals surface area contributed by atoms with E-state index in [4.69, 9.17) is 5.11 Å². The molecule has 1 rings (SSSR count). The van der Waals surface area contributed by atoms with Gasteiger partial charge >= 0.3 is 5.97 Å². The van der Waals surface area contributed by atoms with Crippen LogP contribution in [0.1, 0.15) is 13.8 Å². The molecule has 0 radical (unpaired) electrons. The van der Waals surface area contributed by atoms with Gasteiger partial charge in [-0.1, -0.05) is 27.7 Å². The minimum atomic E-state index is -0.863. The molecule has 0 aliphatic carbocycles. The zero-order chi connectivity index (χ0) is 9.30. The largest absolute Gasteiger partial charge is 0.477 e. The fourth-order valence-corrected chi connectivity index (χ4v) is 3.00. The molecule has 5 heteroatoms. The van der Waals surface area contributed by atoms with E-state index in [9.17, 15) is 4.79 Å². The van der Waals surface area contributed by atoms with Crippen LogP contribution in [0.25, 0.3) is 0 Å². The fraction of sp³-hybridized carbons (Fsp3) is 0.571. The highest BCUT2D eigenvalue weighted by Gasteiger charge is 2.30. The Bertz CT molecular complexity index is 229. The first kappa shape index (κ1) is 9.92. The molecule has 1 aliphatic heterocycles. The number of carboxylic acids is 1. The summed E-state index contributed by atoms with van der Waals surface area (Å²) in [6.45, 7) is 3.94. The molecule has 0 spiro atoms. The van der Waals surface area contributed by atoms with E-state index >= 15 is 0 Å². The Balaban J connectivity index is 2.81. The van der Waals surface area contributed by atoms with Crippen LogP contribution in [0.15, 0.2) is 11.1 Å². The van der Waals surface area contributed by atoms with Crippen molar-refractivity contribution in [3.8, 4) is 0 Å². The third kappa shape index (κ3) is 1.77. The predicted molar refractivity (Wildman–Crippen MR) is 53.0 cm³/mol. The van der Waals surface area contributed by atoms with E-state index in [-0.39, 0.29) is 10.3 Å². The third-order valence-corrected chi connectivity index (χ3v) is 3.46. The average Bonchev–Trinajstić information content (AvgIpc) is 2.30. The molecular weight excluding hydrogens is 242 g/mol. The number of hydrogen-bond donors (Lipinski definition) is 1. The lowest BCUT2D eigenvalue weighted by molar-refractivity contribution is -0.134. The minimum absolute atomic E-state index is 0.0589. The number of hydrogen-bond acceptors (Lipinski definition) is 3. The van der Waals surface area contributed by atoms with Crippen molar-refractivity contribution in [3.05, 3.63) is 11.1 Å². The van der Waals surface area contributed by atoms with Crippen LogP contribution in [0, 0.1) is 0 Å². The molecule has 0 fully saturated rings. The van der Waals surface area contributed by atoms with Crippen LogP contribution in [0.5, 0.6) is 0 Å². The highest BCUT2D eigenvalue weighted by molar-refractivity contribution is 9.11. The second-order valence-electron chi connectivity index (χ2n) is 2.74. The van der Waals surface area contributed by atoms with E-state index in [1.54, 1.807) is 5.41 Å². The number of rotatable bonds is 2. The van der Waals surface area contributed by atoms with E-state index < -0.39 is 5.97 Å². The van der Waals surface area contributed by atoms with Gasteiger partial charge in [-0.05, 0) is 13.8 Å². The maximum absolute atomic E-state index is 10.7. The van der Waals surface area contributed by atoms with E-state index in [2.05, 4.69) is 15.9 Å². The maximum atomic E-state index is 10.7. The molecule has 0 amide bonds. The first-order valence-electron chi connectivity index (χ1n) is 3.55. The smallest absolute Gasteiger partial charge is 0.352 e. The van der Waals surface area contributed by atoms with E-state index in [1.807, 2.05) is 18.7 Å². The molecule has 1 N–H and O–H groups in total. The van der Waals surface area contributed by atoms with E-state index in [0.29, 0.717) is 5.70 Å². The van der Waals surface area contributed by atoms with Gasteiger partial charge in [-0.2, -0.15) is 0 Å². The van der Waals surface area contributed by atoms with Crippen molar-refractivity contribution in [1.82, 2.24) is 4.90 Å². The van der Waals surface area contributed by atoms with Gasteiger partial charge in [0.1, 0.15) is 9.98 Å². The third-order valence-electron chi connectivity index (χ3n) is 1.56. The minimum Gasteiger partial charge on any atom is -0.477 e. The lowest BCUT2D eigenvalue weighted by Crippen LogP contribution is -2.34. The Hall–Kier alpha value is -0.160. The van der Waals surface area contributed by atoms with Crippen molar-refractivity contribution in [3.63, 3.8) is 0 Å². The van der Waals surface area contributed by atoms with Crippen molar-refractivity contribution < 1.29 is 9.90 Å². The first-order chi connectivity index (χ1) is 5.54. The highest BCUT2D eigenvalue weighted by atomic mass is 79.9. The molecule has 0 aromatic rings. The number of nitrogens with zero attached hydrogens (tertiary/aromatic N) is 1. The summed E-state index contributed by atoms with van der Waals surface area (Å²) in [5.74, 6) is -0.863. The molecule has 0 bridgehead atoms. The molecule has 3 nitrogen and oxygen atoms in total. The number of halogens is 1. The Labute approximate surface area is 83.9 Å². The maximum Gasteiger partial charge on any atom is 0.352 e. The molecular formula is C7H10BrNO2S. The van der Waals surface area contributed by atoms with Gasteiger partial charge in [0.05, 0.1) is 0 Å². The summed E-state index contributed by atoms with van der Waals surface area (Å²) in [6, 6.07) is 0.201. The summed E-state index contributed by atoms with van der Waals surface area (Å²) in [7, 11) is 0. The summed E-state index contributed by atoms with van der Waals surface area (Å²) in [5, 5.41) is 10.5. The molecule has 12 heavy (non-hydrogen) atoms. The Morgan fingerprint density at radius 2 is 2.42 bits per heavy atom. The number of alkyl halides is 1. The molecule has 1 heterocycles. The lowest BCUT2D eigenvalue weighted by atomic mass is 10.3. The van der Waals surface area contributed by atoms with Crippen molar-refractivity contribution in [2.24, 2.45) is 0 Å². The van der Waals surface area contributed by atoms with Crippen LogP contribution in [0.4, 0.5) is 0 Å². The normalized spacial score (nSPS) is 23.2. The summed E-state index contributed by atoms with van der Waals surface area (Å²) < 4.78 is 0.0589. The summed E-state index contributed by atoms with van der Waals surface area (Å²) in [4.78, 5) is 12.5. The molecule has 0 saturated carbocycles. The lowest BCUT2D eigenvalue weighted by Gasteiger charge is -2.27. The van der Waals surface area contributed by atoms with E-state index in [1.165, 1.54) is 11.8 Å². The van der Waals surface area contributed by atoms with Gasteiger partial charge in [0.2, 0.25) is 0 Å². The number of carboxylic acid groups (broad SMARTS) is 1. The van der Waals surface area contributed by atoms with Crippen molar-refractivity contribution in [2.75, 3.05) is 0 Å². The van der Waals surface area contributed by atoms with Crippen LogP contribution in [-0.2, 0) is 4.79 Å². The number of aliphatic carboxylic acids is 1. The van der Waals surface area contributed by atoms with Gasteiger partial charge in [0.25, 0.3) is 0 Å². The number of carbonyl (C=O) groups is 1. The van der Waals surface area contributed by atoms with Crippen LogP contribution < -0.4 is 0 Å². The molecule has 0 saturated heterocycles. The first-order valence-corrected chi connectivity index (χ1v) is 5.41. The molecule has 1 unspecified atom stereocenters. The van der Waals surface area contributed by atoms with Gasteiger partial charge < -0.3 is 10.0 Å². The van der Waals surface area contributed by atoms with Crippen LogP contribution in [0.2, 0.25) is 0 Å². The second kappa shape index (κ2) is 3.70. The summed E-state index contributed by atoms with van der Waals surface area (Å²) >= 11 is 4.86. The Kier molecular flexibility index (Phi) is 3.06. The van der Waals surface area contributed by atoms with Crippen molar-refractivity contribution in [1.29, 1.82) is 0 Å². The molecule has 1 aliphatic rings. The summed E-state index contributed by atoms with van der Waals surface area (Å²) in [6.07, 6.45) is 0. The van der Waals surface area contributed by atoms with Crippen LogP contribution in [-0.4, -0.2) is 26.3 Å². The fourth-order valence-electron chi connectivity index (χ4n) is 1.03. The van der Waals surface area contributed by atoms with Gasteiger partial charge in [-0.15, -0.1) is 0 Å². The van der Waals surface area contributed by atoms with Gasteiger partial charge in [-0.25, -0.2) is 4.79 Å². The van der Waals surface area contributed by atoms with Gasteiger partial charge in [0, 0.05) is 11.4 Å². The molecule has 68 valence electrons. The molecule has 0 aromatic heterocycles. The van der Waals surface area contributed by atoms with Gasteiger partial charge in [-0.3, -0.25) is 0 Å². The van der Waals surface area contributed by atoms with Crippen molar-refractivity contribution in [2.45, 2.75) is 24.2 Å². The Morgan fingerprint density at radius 1 is 1.83 bits per heavy atom. The second-order valence-corrected chi connectivity index (χ2v) is 5.17. The molecule has 0 aromatic carbocycles. The standard InChI is InChI=1S/C7H10BrNO2S/c1-4(2)9-5(6(10)11)3-12-7(9)8/h3-4,7H,1-2H3,(H,10,11). The zero-order valence-electron chi connectivity index (χ0n) is 6.82. The summed E-state index contributed by atoms with van der Waals surface area (Å²) in [5.41, 5.74) is 0.372. The zero-order valence-corrected chi connectivity index (χ0v) is 9.22. The quantitative estimate of drug-likeness (QED) is 0.603. The van der Waals surface area contributed by atoms with E-state index in [0.717, 1.165) is 0 Å². The monoisotopic (exact) mass is 251 g/mol. The topological polar surface area (TPSA) is 40.5 Å². The predicted octanol–water partition coefficient (Wildman–Crippen LogP) is 2.05. The highest BCUT2D eigenvalue weighted by Crippen LogP contribution is 2.36. The average molecular weight is 252 g/mol. The number of thioether (sulfide) groups is 1.